The van der Waals surface area contributed by atoms with E-state index in [0.717, 1.165) is 28.3 Å². The molecule has 3 heteroatoms. The lowest BCUT2D eigenvalue weighted by molar-refractivity contribution is 0.415. The van der Waals surface area contributed by atoms with Crippen molar-refractivity contribution >= 4 is 0 Å². The molecule has 3 aromatic rings. The Morgan fingerprint density at radius 3 is 2.25 bits per heavy atom. The number of rotatable bonds is 3. The van der Waals surface area contributed by atoms with Gasteiger partial charge in [0.25, 0.3) is 0 Å². The van der Waals surface area contributed by atoms with Gasteiger partial charge in [-0.25, -0.2) is 0 Å². The highest BCUT2D eigenvalue weighted by atomic mass is 16.5. The molecular formula is C17H16N2O. The lowest BCUT2D eigenvalue weighted by Gasteiger charge is -2.03. The lowest BCUT2D eigenvalue weighted by atomic mass is 10.1. The Bertz CT molecular complexity index is 700. The molecule has 3 nitrogen and oxygen atoms in total. The van der Waals surface area contributed by atoms with Crippen LogP contribution in [0.3, 0.4) is 0 Å². The van der Waals surface area contributed by atoms with E-state index >= 15 is 0 Å². The number of aromatic nitrogens is 2. The molecule has 0 saturated carbocycles. The molecule has 0 aliphatic heterocycles. The van der Waals surface area contributed by atoms with Crippen LogP contribution in [0.5, 0.6) is 5.75 Å². The third kappa shape index (κ3) is 2.30. The van der Waals surface area contributed by atoms with Gasteiger partial charge in [-0.1, -0.05) is 30.3 Å². The van der Waals surface area contributed by atoms with E-state index in [-0.39, 0.29) is 0 Å². The molecule has 100 valence electrons. The number of nitrogens with zero attached hydrogens (tertiary/aromatic N) is 2. The molecule has 0 unspecified atom stereocenters. The van der Waals surface area contributed by atoms with Crippen LogP contribution in [0.4, 0.5) is 0 Å². The molecule has 0 N–H and O–H groups in total. The Labute approximate surface area is 118 Å². The minimum atomic E-state index is 0.860. The van der Waals surface area contributed by atoms with Gasteiger partial charge in [0.1, 0.15) is 5.75 Å². The topological polar surface area (TPSA) is 27.1 Å². The van der Waals surface area contributed by atoms with E-state index in [1.807, 2.05) is 54.2 Å². The molecular weight excluding hydrogens is 248 g/mol. The summed E-state index contributed by atoms with van der Waals surface area (Å²) in [5.74, 6) is 0.860. The zero-order chi connectivity index (χ0) is 13.9. The minimum Gasteiger partial charge on any atom is -0.497 e. The fourth-order valence-electron chi connectivity index (χ4n) is 2.25. The summed E-state index contributed by atoms with van der Waals surface area (Å²) in [6, 6.07) is 20.3. The zero-order valence-corrected chi connectivity index (χ0v) is 11.6. The van der Waals surface area contributed by atoms with Crippen LogP contribution in [0.15, 0.2) is 60.7 Å². The maximum atomic E-state index is 5.19. The van der Waals surface area contributed by atoms with Crippen molar-refractivity contribution in [3.8, 4) is 28.3 Å². The lowest BCUT2D eigenvalue weighted by Crippen LogP contribution is -1.93. The zero-order valence-electron chi connectivity index (χ0n) is 11.6. The largest absolute Gasteiger partial charge is 0.497 e. The van der Waals surface area contributed by atoms with Crippen LogP contribution in [0.1, 0.15) is 0 Å². The van der Waals surface area contributed by atoms with E-state index in [9.17, 15) is 0 Å². The molecule has 0 bridgehead atoms. The quantitative estimate of drug-likeness (QED) is 0.720. The van der Waals surface area contributed by atoms with Crippen molar-refractivity contribution in [3.63, 3.8) is 0 Å². The second kappa shape index (κ2) is 5.21. The van der Waals surface area contributed by atoms with Gasteiger partial charge in [0.15, 0.2) is 0 Å². The van der Waals surface area contributed by atoms with Gasteiger partial charge in [-0.3, -0.25) is 4.68 Å². The molecule has 0 fully saturated rings. The normalized spacial score (nSPS) is 10.5. The number of ether oxygens (including phenoxy) is 1. The average Bonchev–Trinajstić information content (AvgIpc) is 2.90. The summed E-state index contributed by atoms with van der Waals surface area (Å²) in [5.41, 5.74) is 4.33. The highest BCUT2D eigenvalue weighted by molar-refractivity contribution is 5.69. The fraction of sp³-hybridized carbons (Fsp3) is 0.118. The monoisotopic (exact) mass is 264 g/mol. The van der Waals surface area contributed by atoms with Crippen LogP contribution in [0.2, 0.25) is 0 Å². The van der Waals surface area contributed by atoms with Crippen molar-refractivity contribution in [2.45, 2.75) is 0 Å². The summed E-state index contributed by atoms with van der Waals surface area (Å²) in [7, 11) is 3.64. The van der Waals surface area contributed by atoms with Gasteiger partial charge in [0.2, 0.25) is 0 Å². The Kier molecular flexibility index (Phi) is 3.25. The van der Waals surface area contributed by atoms with Crippen molar-refractivity contribution in [2.24, 2.45) is 7.05 Å². The minimum absolute atomic E-state index is 0.860. The molecule has 0 aliphatic rings. The first-order chi connectivity index (χ1) is 9.78. The summed E-state index contributed by atoms with van der Waals surface area (Å²) < 4.78 is 7.09. The summed E-state index contributed by atoms with van der Waals surface area (Å²) >= 11 is 0. The Morgan fingerprint density at radius 2 is 1.60 bits per heavy atom. The van der Waals surface area contributed by atoms with Crippen LogP contribution in [0, 0.1) is 0 Å². The van der Waals surface area contributed by atoms with Gasteiger partial charge in [0, 0.05) is 18.2 Å². The van der Waals surface area contributed by atoms with Gasteiger partial charge in [-0.2, -0.15) is 5.10 Å². The Balaban J connectivity index is 2.00. The molecule has 0 amide bonds. The molecule has 0 aliphatic carbocycles. The van der Waals surface area contributed by atoms with Crippen LogP contribution in [0.25, 0.3) is 22.5 Å². The molecule has 0 atom stereocenters. The van der Waals surface area contributed by atoms with E-state index in [2.05, 4.69) is 23.3 Å². The van der Waals surface area contributed by atoms with E-state index in [0.29, 0.717) is 0 Å². The van der Waals surface area contributed by atoms with Crippen LogP contribution in [-0.2, 0) is 7.05 Å². The van der Waals surface area contributed by atoms with Gasteiger partial charge in [-0.05, 0) is 30.3 Å². The molecule has 0 radical (unpaired) electrons. The highest BCUT2D eigenvalue weighted by Crippen LogP contribution is 2.26. The first-order valence-corrected chi connectivity index (χ1v) is 6.52. The number of hydrogen-bond acceptors (Lipinski definition) is 2. The standard InChI is InChI=1S/C17H16N2O/c1-19-17(14-8-10-15(20-2)11-9-14)12-16(18-19)13-6-4-3-5-7-13/h3-12H,1-2H3. The predicted octanol–water partition coefficient (Wildman–Crippen LogP) is 3.76. The van der Waals surface area contributed by atoms with E-state index in [4.69, 9.17) is 4.74 Å². The maximum Gasteiger partial charge on any atom is 0.118 e. The molecule has 1 aromatic heterocycles. The van der Waals surface area contributed by atoms with Gasteiger partial charge < -0.3 is 4.74 Å². The second-order valence-corrected chi connectivity index (χ2v) is 4.63. The number of hydrogen-bond donors (Lipinski definition) is 0. The molecule has 2 aromatic carbocycles. The summed E-state index contributed by atoms with van der Waals surface area (Å²) in [6.45, 7) is 0. The third-order valence-corrected chi connectivity index (χ3v) is 3.34. The van der Waals surface area contributed by atoms with Crippen molar-refractivity contribution in [2.75, 3.05) is 7.11 Å². The van der Waals surface area contributed by atoms with Crippen molar-refractivity contribution in [3.05, 3.63) is 60.7 Å². The average molecular weight is 264 g/mol. The molecule has 0 spiro atoms. The maximum absolute atomic E-state index is 5.19. The SMILES string of the molecule is COc1ccc(-c2cc(-c3ccccc3)nn2C)cc1. The second-order valence-electron chi connectivity index (χ2n) is 4.63. The van der Waals surface area contributed by atoms with E-state index in [1.165, 1.54) is 0 Å². The fourth-order valence-corrected chi connectivity index (χ4v) is 2.25. The van der Waals surface area contributed by atoms with Gasteiger partial charge in [0.05, 0.1) is 18.5 Å². The first kappa shape index (κ1) is 12.5. The summed E-state index contributed by atoms with van der Waals surface area (Å²) in [4.78, 5) is 0. The Hall–Kier alpha value is -2.55. The Morgan fingerprint density at radius 1 is 0.900 bits per heavy atom. The molecule has 0 saturated heterocycles. The van der Waals surface area contributed by atoms with Crippen LogP contribution in [-0.4, -0.2) is 16.9 Å². The molecule has 20 heavy (non-hydrogen) atoms. The molecule has 1 heterocycles. The van der Waals surface area contributed by atoms with Crippen molar-refractivity contribution < 1.29 is 4.74 Å². The number of methoxy groups -OCH3 is 1. The summed E-state index contributed by atoms with van der Waals surface area (Å²) in [5, 5.41) is 4.59. The number of aryl methyl sites for hydroxylation is 1. The molecule has 3 rings (SSSR count). The first-order valence-electron chi connectivity index (χ1n) is 6.52. The van der Waals surface area contributed by atoms with Crippen molar-refractivity contribution in [1.82, 2.24) is 9.78 Å². The van der Waals surface area contributed by atoms with E-state index in [1.54, 1.807) is 7.11 Å². The van der Waals surface area contributed by atoms with Crippen LogP contribution >= 0.6 is 0 Å². The number of benzene rings is 2. The van der Waals surface area contributed by atoms with Crippen molar-refractivity contribution in [1.29, 1.82) is 0 Å². The third-order valence-electron chi connectivity index (χ3n) is 3.34. The predicted molar refractivity (Wildman–Crippen MR) is 80.6 cm³/mol. The van der Waals surface area contributed by atoms with Gasteiger partial charge >= 0.3 is 0 Å². The van der Waals surface area contributed by atoms with E-state index < -0.39 is 0 Å². The smallest absolute Gasteiger partial charge is 0.118 e. The van der Waals surface area contributed by atoms with Gasteiger partial charge in [-0.15, -0.1) is 0 Å². The van der Waals surface area contributed by atoms with Crippen LogP contribution < -0.4 is 4.74 Å². The summed E-state index contributed by atoms with van der Waals surface area (Å²) in [6.07, 6.45) is 0. The highest BCUT2D eigenvalue weighted by Gasteiger charge is 2.08.